The van der Waals surface area contributed by atoms with Crippen LogP contribution in [0.2, 0.25) is 10.0 Å². The number of nitrogens with one attached hydrogen (secondary N) is 1. The van der Waals surface area contributed by atoms with Crippen molar-refractivity contribution in [2.24, 2.45) is 0 Å². The van der Waals surface area contributed by atoms with Gasteiger partial charge in [0.05, 0.1) is 6.42 Å². The molecular weight excluding hydrogens is 371 g/mol. The third-order valence-corrected chi connectivity index (χ3v) is 5.47. The predicted octanol–water partition coefficient (Wildman–Crippen LogP) is 5.28. The Kier molecular flexibility index (Phi) is 5.33. The van der Waals surface area contributed by atoms with Crippen molar-refractivity contribution in [2.45, 2.75) is 12.8 Å². The van der Waals surface area contributed by atoms with E-state index in [0.29, 0.717) is 28.0 Å². The van der Waals surface area contributed by atoms with Crippen LogP contribution in [0.5, 0.6) is 0 Å². The molecule has 0 aliphatic heterocycles. The van der Waals surface area contributed by atoms with Gasteiger partial charge in [0.25, 0.3) is 0 Å². The van der Waals surface area contributed by atoms with Gasteiger partial charge in [0, 0.05) is 32.4 Å². The minimum atomic E-state index is -0.0575. The van der Waals surface area contributed by atoms with Gasteiger partial charge in [0.15, 0.2) is 5.13 Å². The van der Waals surface area contributed by atoms with Gasteiger partial charge in [-0.05, 0) is 29.1 Å². The van der Waals surface area contributed by atoms with Crippen LogP contribution in [0.15, 0.2) is 41.9 Å². The van der Waals surface area contributed by atoms with Gasteiger partial charge in [-0.25, -0.2) is 4.98 Å². The lowest BCUT2D eigenvalue weighted by molar-refractivity contribution is -0.115. The van der Waals surface area contributed by atoms with E-state index in [-0.39, 0.29) is 5.91 Å². The molecule has 3 nitrogen and oxygen atoms in total. The highest BCUT2D eigenvalue weighted by atomic mass is 35.5. The molecule has 0 unspecified atom stereocenters. The minimum Gasteiger partial charge on any atom is -0.302 e. The van der Waals surface area contributed by atoms with Crippen LogP contribution in [-0.4, -0.2) is 10.9 Å². The van der Waals surface area contributed by atoms with Crippen molar-refractivity contribution in [3.05, 3.63) is 67.3 Å². The van der Waals surface area contributed by atoms with E-state index in [1.54, 1.807) is 23.6 Å². The maximum Gasteiger partial charge on any atom is 0.231 e. The summed E-state index contributed by atoms with van der Waals surface area (Å²) in [5.74, 6) is -0.0575. The van der Waals surface area contributed by atoms with Crippen LogP contribution >= 0.6 is 45.9 Å². The van der Waals surface area contributed by atoms with E-state index >= 15 is 0 Å². The quantitative estimate of drug-likeness (QED) is 0.651. The molecule has 0 saturated carbocycles. The molecule has 23 heavy (non-hydrogen) atoms. The molecule has 0 radical (unpaired) electrons. The molecule has 1 amide bonds. The summed E-state index contributed by atoms with van der Waals surface area (Å²) in [4.78, 5) is 18.3. The number of halogens is 2. The number of hydrogen-bond donors (Lipinski definition) is 1. The van der Waals surface area contributed by atoms with Crippen LogP contribution in [-0.2, 0) is 17.6 Å². The Hall–Kier alpha value is -1.40. The molecule has 2 aromatic heterocycles. The lowest BCUT2D eigenvalue weighted by Gasteiger charge is -2.02. The van der Waals surface area contributed by atoms with Gasteiger partial charge >= 0.3 is 0 Å². The summed E-state index contributed by atoms with van der Waals surface area (Å²) in [5.41, 5.74) is 0.983. The Bertz CT molecular complexity index is 815. The molecule has 0 fully saturated rings. The van der Waals surface area contributed by atoms with Crippen LogP contribution in [0.25, 0.3) is 0 Å². The zero-order valence-electron chi connectivity index (χ0n) is 11.9. The fourth-order valence-electron chi connectivity index (χ4n) is 2.03. The predicted molar refractivity (Wildman–Crippen MR) is 98.0 cm³/mol. The SMILES string of the molecule is O=C(Cc1cccs1)Nc1ncc(Cc2ccc(Cl)cc2Cl)s1. The van der Waals surface area contributed by atoms with Crippen molar-refractivity contribution in [3.63, 3.8) is 0 Å². The lowest BCUT2D eigenvalue weighted by atomic mass is 10.1. The Morgan fingerprint density at radius 1 is 1.22 bits per heavy atom. The number of hydrogen-bond acceptors (Lipinski definition) is 4. The molecule has 1 N–H and O–H groups in total. The van der Waals surface area contributed by atoms with Gasteiger partial charge in [0.1, 0.15) is 0 Å². The number of aromatic nitrogens is 1. The van der Waals surface area contributed by atoms with Crippen molar-refractivity contribution >= 4 is 56.9 Å². The Balaban J connectivity index is 1.62. The summed E-state index contributed by atoms with van der Waals surface area (Å²) in [7, 11) is 0. The monoisotopic (exact) mass is 382 g/mol. The first kappa shape index (κ1) is 16.5. The highest BCUT2D eigenvalue weighted by Gasteiger charge is 2.10. The number of nitrogens with zero attached hydrogens (tertiary/aromatic N) is 1. The molecule has 7 heteroatoms. The lowest BCUT2D eigenvalue weighted by Crippen LogP contribution is -2.13. The van der Waals surface area contributed by atoms with E-state index in [9.17, 15) is 4.79 Å². The van der Waals surface area contributed by atoms with Crippen molar-refractivity contribution in [1.82, 2.24) is 4.98 Å². The molecule has 0 aliphatic carbocycles. The third-order valence-electron chi connectivity index (χ3n) is 3.09. The van der Waals surface area contributed by atoms with Crippen LogP contribution in [0, 0.1) is 0 Å². The van der Waals surface area contributed by atoms with Gasteiger partial charge < -0.3 is 5.32 Å². The molecule has 0 atom stereocenters. The van der Waals surface area contributed by atoms with E-state index < -0.39 is 0 Å². The second-order valence-electron chi connectivity index (χ2n) is 4.85. The van der Waals surface area contributed by atoms with E-state index in [1.165, 1.54) is 11.3 Å². The smallest absolute Gasteiger partial charge is 0.231 e. The Morgan fingerprint density at radius 2 is 2.09 bits per heavy atom. The maximum atomic E-state index is 12.0. The van der Waals surface area contributed by atoms with Gasteiger partial charge in [-0.15, -0.1) is 22.7 Å². The molecule has 2 heterocycles. The average Bonchev–Trinajstić information content (AvgIpc) is 3.14. The van der Waals surface area contributed by atoms with Crippen LogP contribution in [0.1, 0.15) is 15.3 Å². The first-order valence-electron chi connectivity index (χ1n) is 6.81. The zero-order chi connectivity index (χ0) is 16.2. The summed E-state index contributed by atoms with van der Waals surface area (Å²) in [6.07, 6.45) is 2.79. The van der Waals surface area contributed by atoms with E-state index in [0.717, 1.165) is 15.3 Å². The molecule has 0 spiro atoms. The summed E-state index contributed by atoms with van der Waals surface area (Å²) < 4.78 is 0. The number of anilines is 1. The van der Waals surface area contributed by atoms with Crippen molar-refractivity contribution < 1.29 is 4.79 Å². The Morgan fingerprint density at radius 3 is 2.83 bits per heavy atom. The molecule has 0 bridgehead atoms. The number of thiazole rings is 1. The first-order valence-corrected chi connectivity index (χ1v) is 9.26. The molecule has 118 valence electrons. The van der Waals surface area contributed by atoms with Gasteiger partial charge in [0.2, 0.25) is 5.91 Å². The highest BCUT2D eigenvalue weighted by Crippen LogP contribution is 2.27. The van der Waals surface area contributed by atoms with Gasteiger partial charge in [-0.3, -0.25) is 4.79 Å². The first-order chi connectivity index (χ1) is 11.1. The number of rotatable bonds is 5. The number of carbonyl (C=O) groups is 1. The summed E-state index contributed by atoms with van der Waals surface area (Å²) in [6, 6.07) is 9.32. The largest absolute Gasteiger partial charge is 0.302 e. The fourth-order valence-corrected chi connectivity index (χ4v) is 4.07. The van der Waals surface area contributed by atoms with Gasteiger partial charge in [-0.2, -0.15) is 0 Å². The van der Waals surface area contributed by atoms with Crippen LogP contribution in [0.3, 0.4) is 0 Å². The van der Waals surface area contributed by atoms with Crippen molar-refractivity contribution in [1.29, 1.82) is 0 Å². The standard InChI is InChI=1S/C16H12Cl2N2OS2/c17-11-4-3-10(14(18)7-11)6-13-9-19-16(23-13)20-15(21)8-12-2-1-5-22-12/h1-5,7,9H,6,8H2,(H,19,20,21). The zero-order valence-corrected chi connectivity index (χ0v) is 15.0. The highest BCUT2D eigenvalue weighted by molar-refractivity contribution is 7.15. The van der Waals surface area contributed by atoms with Crippen LogP contribution in [0.4, 0.5) is 5.13 Å². The molecule has 0 saturated heterocycles. The number of thiophene rings is 1. The molecule has 3 aromatic rings. The van der Waals surface area contributed by atoms with Crippen molar-refractivity contribution in [3.8, 4) is 0 Å². The fraction of sp³-hybridized carbons (Fsp3) is 0.125. The molecule has 3 rings (SSSR count). The van der Waals surface area contributed by atoms with E-state index in [1.807, 2.05) is 29.6 Å². The van der Waals surface area contributed by atoms with E-state index in [2.05, 4.69) is 10.3 Å². The minimum absolute atomic E-state index is 0.0575. The second-order valence-corrected chi connectivity index (χ2v) is 7.84. The van der Waals surface area contributed by atoms with E-state index in [4.69, 9.17) is 23.2 Å². The summed E-state index contributed by atoms with van der Waals surface area (Å²) >= 11 is 15.1. The number of benzene rings is 1. The normalized spacial score (nSPS) is 10.7. The molecule has 0 aliphatic rings. The molecule has 1 aromatic carbocycles. The van der Waals surface area contributed by atoms with Crippen LogP contribution < -0.4 is 5.32 Å². The topological polar surface area (TPSA) is 42.0 Å². The Labute approximate surface area is 151 Å². The third kappa shape index (κ3) is 4.54. The second kappa shape index (κ2) is 7.45. The average molecular weight is 383 g/mol. The van der Waals surface area contributed by atoms with Crippen molar-refractivity contribution in [2.75, 3.05) is 5.32 Å². The number of amides is 1. The number of carbonyl (C=O) groups excluding carboxylic acids is 1. The molecular formula is C16H12Cl2N2OS2. The summed E-state index contributed by atoms with van der Waals surface area (Å²) in [6.45, 7) is 0. The van der Waals surface area contributed by atoms with Gasteiger partial charge in [-0.1, -0.05) is 35.3 Å². The maximum absolute atomic E-state index is 12.0. The summed E-state index contributed by atoms with van der Waals surface area (Å²) in [5, 5.41) is 6.64.